The van der Waals surface area contributed by atoms with Crippen LogP contribution in [0.5, 0.6) is 0 Å². The quantitative estimate of drug-likeness (QED) is 0.704. The van der Waals surface area contributed by atoms with Crippen LogP contribution in [0.3, 0.4) is 0 Å². The average Bonchev–Trinajstić information content (AvgIpc) is 2.03. The first kappa shape index (κ1) is 10.2. The molecule has 0 amide bonds. The fraction of sp³-hybridized carbons (Fsp3) is 0.250. The van der Waals surface area contributed by atoms with Crippen LogP contribution in [0.2, 0.25) is 0 Å². The standard InChI is InChI=1S/C8H10O4S/c9-8(6-13(10,11)12)7-4-2-1-3-5-7/h1-5,8-9H,6H2,(H,10,11,12). The van der Waals surface area contributed by atoms with Crippen molar-refractivity contribution in [1.82, 2.24) is 0 Å². The minimum atomic E-state index is -4.12. The largest absolute Gasteiger partial charge is 0.387 e. The lowest BCUT2D eigenvalue weighted by molar-refractivity contribution is 0.199. The first-order valence-corrected chi connectivity index (χ1v) is 5.28. The van der Waals surface area contributed by atoms with E-state index < -0.39 is 22.0 Å². The topological polar surface area (TPSA) is 74.6 Å². The van der Waals surface area contributed by atoms with Crippen LogP contribution in [0.1, 0.15) is 11.7 Å². The minimum absolute atomic E-state index is 0.472. The van der Waals surface area contributed by atoms with E-state index in [-0.39, 0.29) is 0 Å². The van der Waals surface area contributed by atoms with Crippen molar-refractivity contribution in [3.8, 4) is 0 Å². The van der Waals surface area contributed by atoms with Gasteiger partial charge in [0.25, 0.3) is 10.1 Å². The normalized spacial score (nSPS) is 14.0. The Hall–Kier alpha value is -0.910. The average molecular weight is 202 g/mol. The molecule has 4 nitrogen and oxygen atoms in total. The molecule has 0 bridgehead atoms. The van der Waals surface area contributed by atoms with Gasteiger partial charge in [-0.15, -0.1) is 0 Å². The van der Waals surface area contributed by atoms with E-state index in [4.69, 9.17) is 4.55 Å². The van der Waals surface area contributed by atoms with Gasteiger partial charge in [-0.25, -0.2) is 0 Å². The molecule has 1 aromatic carbocycles. The Labute approximate surface area is 76.6 Å². The van der Waals surface area contributed by atoms with Crippen LogP contribution in [0.15, 0.2) is 30.3 Å². The molecular formula is C8H10O4S. The number of aliphatic hydroxyl groups is 1. The molecular weight excluding hydrogens is 192 g/mol. The molecule has 0 aliphatic rings. The van der Waals surface area contributed by atoms with E-state index in [1.54, 1.807) is 30.3 Å². The lowest BCUT2D eigenvalue weighted by atomic mass is 10.1. The van der Waals surface area contributed by atoms with Gasteiger partial charge in [-0.05, 0) is 5.56 Å². The van der Waals surface area contributed by atoms with Crippen LogP contribution < -0.4 is 0 Å². The van der Waals surface area contributed by atoms with Crippen LogP contribution in [-0.4, -0.2) is 23.8 Å². The van der Waals surface area contributed by atoms with Crippen LogP contribution >= 0.6 is 0 Å². The molecule has 1 atom stereocenters. The number of hydrogen-bond acceptors (Lipinski definition) is 3. The van der Waals surface area contributed by atoms with E-state index in [1.165, 1.54) is 0 Å². The first-order valence-electron chi connectivity index (χ1n) is 3.67. The Bertz CT molecular complexity index is 357. The highest BCUT2D eigenvalue weighted by atomic mass is 32.2. The van der Waals surface area contributed by atoms with E-state index in [0.29, 0.717) is 5.56 Å². The molecule has 1 unspecified atom stereocenters. The molecule has 72 valence electrons. The summed E-state index contributed by atoms with van der Waals surface area (Å²) in [6.45, 7) is 0. The fourth-order valence-corrected chi connectivity index (χ4v) is 1.56. The molecule has 0 aromatic heterocycles. The molecule has 1 rings (SSSR count). The van der Waals surface area contributed by atoms with Crippen molar-refractivity contribution < 1.29 is 18.1 Å². The summed E-state index contributed by atoms with van der Waals surface area (Å²) >= 11 is 0. The van der Waals surface area contributed by atoms with E-state index in [9.17, 15) is 13.5 Å². The molecule has 0 fully saturated rings. The van der Waals surface area contributed by atoms with Crippen molar-refractivity contribution in [2.75, 3.05) is 5.75 Å². The van der Waals surface area contributed by atoms with Gasteiger partial charge in [-0.3, -0.25) is 4.55 Å². The third-order valence-electron chi connectivity index (χ3n) is 1.55. The van der Waals surface area contributed by atoms with Gasteiger partial charge in [0, 0.05) is 0 Å². The van der Waals surface area contributed by atoms with Gasteiger partial charge < -0.3 is 5.11 Å². The summed E-state index contributed by atoms with van der Waals surface area (Å²) < 4.78 is 29.3. The minimum Gasteiger partial charge on any atom is -0.387 e. The maximum Gasteiger partial charge on any atom is 0.267 e. The molecule has 0 heterocycles. The van der Waals surface area contributed by atoms with Crippen molar-refractivity contribution in [3.63, 3.8) is 0 Å². The van der Waals surface area contributed by atoms with Gasteiger partial charge in [-0.1, -0.05) is 30.3 Å². The Kier molecular flexibility index (Phi) is 3.02. The predicted octanol–water partition coefficient (Wildman–Crippen LogP) is 0.608. The van der Waals surface area contributed by atoms with Gasteiger partial charge in [0.05, 0.1) is 6.10 Å². The number of hydrogen-bond donors (Lipinski definition) is 2. The number of aliphatic hydroxyl groups excluding tert-OH is 1. The maximum atomic E-state index is 10.4. The molecule has 13 heavy (non-hydrogen) atoms. The van der Waals surface area contributed by atoms with E-state index >= 15 is 0 Å². The van der Waals surface area contributed by atoms with Crippen LogP contribution in [0, 0.1) is 0 Å². The maximum absolute atomic E-state index is 10.4. The summed E-state index contributed by atoms with van der Waals surface area (Å²) in [5.41, 5.74) is 0.472. The second kappa shape index (κ2) is 3.87. The summed E-state index contributed by atoms with van der Waals surface area (Å²) in [4.78, 5) is 0. The van der Waals surface area contributed by atoms with Crippen LogP contribution in [-0.2, 0) is 10.1 Å². The molecule has 2 N–H and O–H groups in total. The third kappa shape index (κ3) is 3.54. The lowest BCUT2D eigenvalue weighted by Crippen LogP contribution is -2.12. The Balaban J connectivity index is 2.76. The van der Waals surface area contributed by atoms with Crippen LogP contribution in [0.25, 0.3) is 0 Å². The molecule has 0 saturated carbocycles. The molecule has 0 aliphatic carbocycles. The second-order valence-corrected chi connectivity index (χ2v) is 4.17. The molecule has 0 spiro atoms. The van der Waals surface area contributed by atoms with Gasteiger partial charge in [0.1, 0.15) is 5.75 Å². The summed E-state index contributed by atoms with van der Waals surface area (Å²) in [6, 6.07) is 8.31. The molecule has 0 saturated heterocycles. The highest BCUT2D eigenvalue weighted by Gasteiger charge is 2.15. The fourth-order valence-electron chi connectivity index (χ4n) is 0.971. The Morgan fingerprint density at radius 2 is 1.77 bits per heavy atom. The highest BCUT2D eigenvalue weighted by molar-refractivity contribution is 7.85. The van der Waals surface area contributed by atoms with E-state index in [1.807, 2.05) is 0 Å². The smallest absolute Gasteiger partial charge is 0.267 e. The van der Waals surface area contributed by atoms with Crippen molar-refractivity contribution in [1.29, 1.82) is 0 Å². The third-order valence-corrected chi connectivity index (χ3v) is 2.29. The van der Waals surface area contributed by atoms with E-state index in [2.05, 4.69) is 0 Å². The first-order chi connectivity index (χ1) is 5.99. The molecule has 5 heteroatoms. The zero-order chi connectivity index (χ0) is 9.90. The number of rotatable bonds is 3. The Morgan fingerprint density at radius 1 is 1.23 bits per heavy atom. The van der Waals surface area contributed by atoms with E-state index in [0.717, 1.165) is 0 Å². The lowest BCUT2D eigenvalue weighted by Gasteiger charge is -2.07. The summed E-state index contributed by atoms with van der Waals surface area (Å²) in [7, 11) is -4.12. The van der Waals surface area contributed by atoms with Crippen molar-refractivity contribution in [2.24, 2.45) is 0 Å². The van der Waals surface area contributed by atoms with Gasteiger partial charge >= 0.3 is 0 Å². The van der Waals surface area contributed by atoms with Gasteiger partial charge in [0.2, 0.25) is 0 Å². The SMILES string of the molecule is O=S(=O)(O)CC(O)c1ccccc1. The monoisotopic (exact) mass is 202 g/mol. The summed E-state index contributed by atoms with van der Waals surface area (Å²) in [6.07, 6.45) is -1.17. The van der Waals surface area contributed by atoms with Gasteiger partial charge in [0.15, 0.2) is 0 Å². The molecule has 0 aliphatic heterocycles. The summed E-state index contributed by atoms with van der Waals surface area (Å²) in [5, 5.41) is 9.32. The Morgan fingerprint density at radius 3 is 2.23 bits per heavy atom. The number of benzene rings is 1. The second-order valence-electron chi connectivity index (χ2n) is 2.68. The zero-order valence-corrected chi connectivity index (χ0v) is 7.61. The van der Waals surface area contributed by atoms with Crippen molar-refractivity contribution >= 4 is 10.1 Å². The highest BCUT2D eigenvalue weighted by Crippen LogP contribution is 2.13. The molecule has 1 aromatic rings. The van der Waals surface area contributed by atoms with Crippen LogP contribution in [0.4, 0.5) is 0 Å². The van der Waals surface area contributed by atoms with Gasteiger partial charge in [-0.2, -0.15) is 8.42 Å². The van der Waals surface area contributed by atoms with Crippen molar-refractivity contribution in [2.45, 2.75) is 6.10 Å². The zero-order valence-electron chi connectivity index (χ0n) is 6.79. The van der Waals surface area contributed by atoms with Crippen molar-refractivity contribution in [3.05, 3.63) is 35.9 Å². The molecule has 0 radical (unpaired) electrons. The predicted molar refractivity (Wildman–Crippen MR) is 47.8 cm³/mol. The summed E-state index contributed by atoms with van der Waals surface area (Å²) in [5.74, 6) is -0.670.